The second kappa shape index (κ2) is 11.4. The Kier molecular flexibility index (Phi) is 7.57. The van der Waals surface area contributed by atoms with E-state index in [1.54, 1.807) is 24.4 Å². The van der Waals surface area contributed by atoms with Crippen molar-refractivity contribution in [2.45, 2.75) is 21.9 Å². The fourth-order valence-electron chi connectivity index (χ4n) is 4.71. The normalized spacial score (nSPS) is 16.5. The van der Waals surface area contributed by atoms with Crippen LogP contribution in [0.4, 0.5) is 15.8 Å². The number of benzene rings is 3. The number of hydrogen-bond acceptors (Lipinski definition) is 6. The summed E-state index contributed by atoms with van der Waals surface area (Å²) in [5, 5.41) is 14.9. The topological polar surface area (TPSA) is 84.4 Å². The molecule has 0 radical (unpaired) electrons. The van der Waals surface area contributed by atoms with Crippen LogP contribution in [0.2, 0.25) is 0 Å². The van der Waals surface area contributed by atoms with E-state index in [-0.39, 0.29) is 23.6 Å². The van der Waals surface area contributed by atoms with Gasteiger partial charge in [0, 0.05) is 43.8 Å². The Balaban J connectivity index is 1.33. The predicted octanol–water partition coefficient (Wildman–Crippen LogP) is 8.48. The minimum atomic E-state index is -0.411. The van der Waals surface area contributed by atoms with Crippen molar-refractivity contribution in [1.29, 1.82) is 0 Å². The SMILES string of the molecule is O=[N+]([O-])c1ccc(Sc2ccc(N3C(=S)N[C@@H](c4ccccn4)[C@@H]3c3ccc(-c4ccc(F)cc4Br)o3)cc2)cc1. The number of nitrogens with zero attached hydrogens (tertiary/aromatic N) is 3. The predicted molar refractivity (Wildman–Crippen MR) is 163 cm³/mol. The van der Waals surface area contributed by atoms with Gasteiger partial charge in [-0.2, -0.15) is 0 Å². The van der Waals surface area contributed by atoms with Crippen LogP contribution < -0.4 is 10.2 Å². The summed E-state index contributed by atoms with van der Waals surface area (Å²) in [5.41, 5.74) is 2.47. The van der Waals surface area contributed by atoms with Crippen molar-refractivity contribution in [3.8, 4) is 11.3 Å². The fourth-order valence-corrected chi connectivity index (χ4v) is 6.42. The number of rotatable bonds is 7. The van der Waals surface area contributed by atoms with E-state index in [1.165, 1.54) is 36.0 Å². The molecule has 7 nitrogen and oxygen atoms in total. The van der Waals surface area contributed by atoms with Crippen molar-refractivity contribution in [2.24, 2.45) is 0 Å². The Morgan fingerprint density at radius 1 is 1.00 bits per heavy atom. The molecule has 0 amide bonds. The summed E-state index contributed by atoms with van der Waals surface area (Å²) < 4.78 is 20.7. The Labute approximate surface area is 252 Å². The third kappa shape index (κ3) is 5.61. The molecule has 2 atom stereocenters. The first-order valence-corrected chi connectivity index (χ1v) is 14.5. The second-order valence-electron chi connectivity index (χ2n) is 9.17. The number of nitro benzene ring substituents is 1. The average Bonchev–Trinajstić information content (AvgIpc) is 3.59. The van der Waals surface area contributed by atoms with Gasteiger partial charge < -0.3 is 14.6 Å². The van der Waals surface area contributed by atoms with Crippen LogP contribution in [0.1, 0.15) is 23.5 Å². The van der Waals surface area contributed by atoms with Gasteiger partial charge in [-0.25, -0.2) is 4.39 Å². The monoisotopic (exact) mass is 646 g/mol. The highest BCUT2D eigenvalue weighted by molar-refractivity contribution is 9.10. The van der Waals surface area contributed by atoms with E-state index in [9.17, 15) is 14.5 Å². The third-order valence-electron chi connectivity index (χ3n) is 6.61. The molecule has 0 aliphatic carbocycles. The molecule has 11 heteroatoms. The molecule has 0 bridgehead atoms. The maximum atomic E-state index is 13.7. The van der Waals surface area contributed by atoms with E-state index >= 15 is 0 Å². The molecule has 1 saturated heterocycles. The number of non-ortho nitro benzene ring substituents is 1. The van der Waals surface area contributed by atoms with Crippen LogP contribution in [0.3, 0.4) is 0 Å². The van der Waals surface area contributed by atoms with Crippen molar-refractivity contribution >= 4 is 56.4 Å². The van der Waals surface area contributed by atoms with Crippen LogP contribution in [-0.4, -0.2) is 15.0 Å². The number of anilines is 1. The molecule has 6 rings (SSSR count). The van der Waals surface area contributed by atoms with Gasteiger partial charge >= 0.3 is 0 Å². The number of halogens is 2. The number of pyridine rings is 1. The molecule has 41 heavy (non-hydrogen) atoms. The highest BCUT2D eigenvalue weighted by Crippen LogP contribution is 2.44. The highest BCUT2D eigenvalue weighted by atomic mass is 79.9. The number of aromatic nitrogens is 1. The Morgan fingerprint density at radius 3 is 2.39 bits per heavy atom. The number of nitro groups is 1. The van der Waals surface area contributed by atoms with Crippen molar-refractivity contribution in [3.05, 3.63) is 135 Å². The lowest BCUT2D eigenvalue weighted by Gasteiger charge is -2.26. The van der Waals surface area contributed by atoms with Crippen LogP contribution in [0.25, 0.3) is 11.3 Å². The lowest BCUT2D eigenvalue weighted by molar-refractivity contribution is -0.384. The summed E-state index contributed by atoms with van der Waals surface area (Å²) in [7, 11) is 0. The maximum absolute atomic E-state index is 13.7. The first-order valence-electron chi connectivity index (χ1n) is 12.5. The van der Waals surface area contributed by atoms with E-state index in [0.717, 1.165) is 26.7 Å². The highest BCUT2D eigenvalue weighted by Gasteiger charge is 2.42. The first-order chi connectivity index (χ1) is 19.9. The van der Waals surface area contributed by atoms with E-state index in [0.29, 0.717) is 21.1 Å². The summed E-state index contributed by atoms with van der Waals surface area (Å²) in [4.78, 5) is 19.0. The van der Waals surface area contributed by atoms with Gasteiger partial charge in [0.2, 0.25) is 0 Å². The molecular weight excluding hydrogens is 627 g/mol. The molecule has 5 aromatic rings. The summed E-state index contributed by atoms with van der Waals surface area (Å²) >= 11 is 10.8. The lowest BCUT2D eigenvalue weighted by Crippen LogP contribution is -2.29. The Morgan fingerprint density at radius 2 is 1.73 bits per heavy atom. The quantitative estimate of drug-likeness (QED) is 0.107. The van der Waals surface area contributed by atoms with Gasteiger partial charge in [-0.3, -0.25) is 15.1 Å². The van der Waals surface area contributed by atoms with Crippen molar-refractivity contribution in [1.82, 2.24) is 10.3 Å². The summed E-state index contributed by atoms with van der Waals surface area (Å²) in [6.45, 7) is 0. The number of hydrogen-bond donors (Lipinski definition) is 1. The molecule has 1 aliphatic heterocycles. The molecule has 1 fully saturated rings. The van der Waals surface area contributed by atoms with Gasteiger partial charge in [0.05, 0.1) is 16.7 Å². The standard InChI is InChI=1S/C30H20BrFN4O3S2/c31-24-17-18(32)4-13-23(24)26-14-15-27(39-26)29-28(25-3-1-2-16-33-25)34-30(40)35(29)19-5-9-21(10-6-19)41-22-11-7-20(8-12-22)36(37)38/h1-17,28-29H,(H,34,40)/t28-,29-/m0/s1. The summed E-state index contributed by atoms with van der Waals surface area (Å²) in [6.07, 6.45) is 1.74. The van der Waals surface area contributed by atoms with Crippen LogP contribution in [0.5, 0.6) is 0 Å². The third-order valence-corrected chi connectivity index (χ3v) is 8.60. The van der Waals surface area contributed by atoms with Gasteiger partial charge in [0.15, 0.2) is 5.11 Å². The molecule has 1 aliphatic rings. The van der Waals surface area contributed by atoms with Crippen LogP contribution in [0.15, 0.2) is 122 Å². The minimum Gasteiger partial charge on any atom is -0.459 e. The van der Waals surface area contributed by atoms with Crippen molar-refractivity contribution in [3.63, 3.8) is 0 Å². The van der Waals surface area contributed by atoms with Crippen LogP contribution in [-0.2, 0) is 0 Å². The second-order valence-corrected chi connectivity index (χ2v) is 11.6. The van der Waals surface area contributed by atoms with Crippen LogP contribution in [0, 0.1) is 15.9 Å². The fraction of sp³-hybridized carbons (Fsp3) is 0.0667. The zero-order valence-electron chi connectivity index (χ0n) is 21.1. The Bertz CT molecular complexity index is 1730. The van der Waals surface area contributed by atoms with Gasteiger partial charge in [-0.05, 0) is 107 Å². The molecule has 1 N–H and O–H groups in total. The molecule has 0 saturated carbocycles. The van der Waals surface area contributed by atoms with Gasteiger partial charge in [0.25, 0.3) is 5.69 Å². The molecule has 2 aromatic heterocycles. The molecule has 0 unspecified atom stereocenters. The Hall–Kier alpha value is -4.06. The smallest absolute Gasteiger partial charge is 0.269 e. The average molecular weight is 648 g/mol. The van der Waals surface area contributed by atoms with Gasteiger partial charge in [-0.1, -0.05) is 17.8 Å². The number of nitrogens with one attached hydrogen (secondary N) is 1. The van der Waals surface area contributed by atoms with Gasteiger partial charge in [-0.15, -0.1) is 0 Å². The molecule has 3 aromatic carbocycles. The van der Waals surface area contributed by atoms with E-state index < -0.39 is 4.92 Å². The zero-order valence-corrected chi connectivity index (χ0v) is 24.3. The summed E-state index contributed by atoms with van der Waals surface area (Å²) in [5.74, 6) is 0.928. The maximum Gasteiger partial charge on any atom is 0.269 e. The first kappa shape index (κ1) is 27.1. The van der Waals surface area contributed by atoms with E-state index in [4.69, 9.17) is 16.6 Å². The number of furan rings is 1. The van der Waals surface area contributed by atoms with Crippen LogP contribution >= 0.6 is 39.9 Å². The molecular formula is C30H20BrFN4O3S2. The number of thiocarbonyl (C=S) groups is 1. The molecule has 0 spiro atoms. The lowest BCUT2D eigenvalue weighted by atomic mass is 10.0. The van der Waals surface area contributed by atoms with Gasteiger partial charge in [0.1, 0.15) is 23.4 Å². The van der Waals surface area contributed by atoms with Crippen molar-refractivity contribution in [2.75, 3.05) is 4.90 Å². The van der Waals surface area contributed by atoms with Crippen molar-refractivity contribution < 1.29 is 13.7 Å². The zero-order chi connectivity index (χ0) is 28.5. The largest absolute Gasteiger partial charge is 0.459 e. The summed E-state index contributed by atoms with van der Waals surface area (Å²) in [6, 6.07) is 27.8. The molecule has 204 valence electrons. The van der Waals surface area contributed by atoms with E-state index in [2.05, 4.69) is 26.2 Å². The van der Waals surface area contributed by atoms with E-state index in [1.807, 2.05) is 59.5 Å². The molecule has 3 heterocycles. The minimum absolute atomic E-state index is 0.0566.